The zero-order chi connectivity index (χ0) is 29.4. The van der Waals surface area contributed by atoms with Gasteiger partial charge in [-0.15, -0.1) is 0 Å². The highest BCUT2D eigenvalue weighted by Crippen LogP contribution is 2.28. The fourth-order valence-electron chi connectivity index (χ4n) is 4.12. The van der Waals surface area contributed by atoms with Crippen LogP contribution in [0.25, 0.3) is 0 Å². The van der Waals surface area contributed by atoms with Crippen molar-refractivity contribution in [2.24, 2.45) is 0 Å². The van der Waals surface area contributed by atoms with Crippen molar-refractivity contribution in [1.29, 1.82) is 0 Å². The maximum atomic E-state index is 14.1. The minimum Gasteiger partial charge on any atom is -0.352 e. The zero-order valence-electron chi connectivity index (χ0n) is 22.5. The Balaban J connectivity index is 2.08. The van der Waals surface area contributed by atoms with Crippen LogP contribution in [0, 0.1) is 0 Å². The molecule has 3 aromatic carbocycles. The minimum absolute atomic E-state index is 0.0810. The Morgan fingerprint density at radius 1 is 0.950 bits per heavy atom. The van der Waals surface area contributed by atoms with Crippen LogP contribution in [-0.2, 0) is 32.6 Å². The predicted octanol–water partition coefficient (Wildman–Crippen LogP) is 6.08. The number of halogens is 3. The molecule has 0 heterocycles. The van der Waals surface area contributed by atoms with Crippen LogP contribution in [-0.4, -0.2) is 50.0 Å². The second-order valence-corrected chi connectivity index (χ2v) is 13.3. The highest BCUT2D eigenvalue weighted by molar-refractivity contribution is 9.10. The first-order valence-electron chi connectivity index (χ1n) is 12.7. The summed E-state index contributed by atoms with van der Waals surface area (Å²) in [5.41, 5.74) is 1.79. The molecule has 0 aliphatic rings. The summed E-state index contributed by atoms with van der Waals surface area (Å²) in [5.74, 6) is -0.875. The monoisotopic (exact) mass is 667 g/mol. The van der Waals surface area contributed by atoms with Crippen LogP contribution in [0.4, 0.5) is 5.69 Å². The molecule has 3 aromatic rings. The van der Waals surface area contributed by atoms with Crippen LogP contribution >= 0.6 is 39.1 Å². The number of nitrogens with zero attached hydrogens (tertiary/aromatic N) is 2. The lowest BCUT2D eigenvalue weighted by Crippen LogP contribution is -2.54. The molecule has 40 heavy (non-hydrogen) atoms. The van der Waals surface area contributed by atoms with Gasteiger partial charge in [0.15, 0.2) is 0 Å². The van der Waals surface area contributed by atoms with Gasteiger partial charge in [0.2, 0.25) is 21.8 Å². The highest BCUT2D eigenvalue weighted by Gasteiger charge is 2.33. The van der Waals surface area contributed by atoms with Crippen LogP contribution in [0.3, 0.4) is 0 Å². The Labute approximate surface area is 254 Å². The number of hydrogen-bond donors (Lipinski definition) is 1. The molecule has 0 aliphatic heterocycles. The highest BCUT2D eigenvalue weighted by atomic mass is 79.9. The van der Waals surface area contributed by atoms with E-state index < -0.39 is 28.5 Å². The van der Waals surface area contributed by atoms with E-state index in [2.05, 4.69) is 21.2 Å². The summed E-state index contributed by atoms with van der Waals surface area (Å²) in [5, 5.41) is 3.46. The third-order valence-electron chi connectivity index (χ3n) is 6.33. The Morgan fingerprint density at radius 3 is 2.15 bits per heavy atom. The molecule has 0 bridgehead atoms. The van der Waals surface area contributed by atoms with Gasteiger partial charge in [0.25, 0.3) is 0 Å². The van der Waals surface area contributed by atoms with Gasteiger partial charge >= 0.3 is 0 Å². The molecule has 0 spiro atoms. The summed E-state index contributed by atoms with van der Waals surface area (Å²) in [7, 11) is -3.93. The van der Waals surface area contributed by atoms with Gasteiger partial charge in [-0.2, -0.15) is 0 Å². The number of amides is 2. The molecule has 0 aliphatic carbocycles. The standard InChI is InChI=1S/C29H32BrCl2N3O4S/c1-4-20(2)33-29(37)27(14-21-9-6-5-7-10-21)34(18-22-11-8-12-23(30)13-22)28(36)19-35(40(3,38)39)26-16-24(31)15-25(32)17-26/h5-13,15-17,20,27H,4,14,18-19H2,1-3H3,(H,33,37)/t20-,27+/m0/s1. The first-order valence-corrected chi connectivity index (χ1v) is 16.1. The molecule has 0 fully saturated rings. The number of sulfonamides is 1. The maximum Gasteiger partial charge on any atom is 0.244 e. The molecule has 214 valence electrons. The van der Waals surface area contributed by atoms with E-state index in [0.29, 0.717) is 6.42 Å². The Bertz CT molecular complexity index is 1420. The number of anilines is 1. The van der Waals surface area contributed by atoms with Gasteiger partial charge in [-0.1, -0.05) is 88.5 Å². The normalized spacial score (nSPS) is 12.8. The SMILES string of the molecule is CC[C@H](C)NC(=O)[C@@H](Cc1ccccc1)N(Cc1cccc(Br)c1)C(=O)CN(c1cc(Cl)cc(Cl)c1)S(C)(=O)=O. The minimum atomic E-state index is -3.93. The van der Waals surface area contributed by atoms with Crippen LogP contribution in [0.1, 0.15) is 31.4 Å². The third kappa shape index (κ3) is 9.23. The lowest BCUT2D eigenvalue weighted by atomic mass is 10.0. The van der Waals surface area contributed by atoms with E-state index in [-0.39, 0.29) is 40.6 Å². The van der Waals surface area contributed by atoms with Gasteiger partial charge in [-0.3, -0.25) is 13.9 Å². The van der Waals surface area contributed by atoms with Gasteiger partial charge < -0.3 is 10.2 Å². The molecule has 2 amide bonds. The van der Waals surface area contributed by atoms with Crippen molar-refractivity contribution < 1.29 is 18.0 Å². The second kappa shape index (κ2) is 14.3. The lowest BCUT2D eigenvalue weighted by molar-refractivity contribution is -0.140. The van der Waals surface area contributed by atoms with E-state index in [1.165, 1.54) is 23.1 Å². The molecule has 0 radical (unpaired) electrons. The van der Waals surface area contributed by atoms with Crippen molar-refractivity contribution in [2.75, 3.05) is 17.1 Å². The Hall–Kier alpha value is -2.59. The summed E-state index contributed by atoms with van der Waals surface area (Å²) in [6.45, 7) is 3.39. The van der Waals surface area contributed by atoms with Crippen LogP contribution < -0.4 is 9.62 Å². The summed E-state index contributed by atoms with van der Waals surface area (Å²) in [4.78, 5) is 29.2. The number of carbonyl (C=O) groups is 2. The summed E-state index contributed by atoms with van der Waals surface area (Å²) >= 11 is 15.8. The molecular formula is C29H32BrCl2N3O4S. The van der Waals surface area contributed by atoms with E-state index >= 15 is 0 Å². The molecule has 0 aromatic heterocycles. The molecular weight excluding hydrogens is 637 g/mol. The fourth-order valence-corrected chi connectivity index (χ4v) is 5.92. The molecule has 0 saturated heterocycles. The molecule has 1 N–H and O–H groups in total. The Morgan fingerprint density at radius 2 is 1.57 bits per heavy atom. The van der Waals surface area contributed by atoms with Gasteiger partial charge in [0.1, 0.15) is 12.6 Å². The first-order chi connectivity index (χ1) is 18.9. The molecule has 7 nitrogen and oxygen atoms in total. The quantitative estimate of drug-likeness (QED) is 0.254. The molecule has 11 heteroatoms. The van der Waals surface area contributed by atoms with E-state index in [4.69, 9.17) is 23.2 Å². The Kier molecular flexibility index (Phi) is 11.5. The van der Waals surface area contributed by atoms with Crippen molar-refractivity contribution in [3.63, 3.8) is 0 Å². The van der Waals surface area contributed by atoms with Crippen molar-refractivity contribution in [1.82, 2.24) is 10.2 Å². The van der Waals surface area contributed by atoms with Crippen molar-refractivity contribution in [3.8, 4) is 0 Å². The summed E-state index contributed by atoms with van der Waals surface area (Å²) in [6.07, 6.45) is 1.95. The number of benzene rings is 3. The van der Waals surface area contributed by atoms with Crippen LogP contribution in [0.5, 0.6) is 0 Å². The van der Waals surface area contributed by atoms with Crippen LogP contribution in [0.15, 0.2) is 77.3 Å². The number of nitrogens with one attached hydrogen (secondary N) is 1. The average molecular weight is 669 g/mol. The molecule has 0 saturated carbocycles. The largest absolute Gasteiger partial charge is 0.352 e. The topological polar surface area (TPSA) is 86.8 Å². The number of rotatable bonds is 12. The van der Waals surface area contributed by atoms with E-state index in [1.807, 2.05) is 68.4 Å². The fraction of sp³-hybridized carbons (Fsp3) is 0.310. The number of carbonyl (C=O) groups excluding carboxylic acids is 2. The molecule has 0 unspecified atom stereocenters. The molecule has 3 rings (SSSR count). The average Bonchev–Trinajstić information content (AvgIpc) is 2.88. The van der Waals surface area contributed by atoms with Gasteiger partial charge in [0.05, 0.1) is 11.9 Å². The summed E-state index contributed by atoms with van der Waals surface area (Å²) in [6, 6.07) is 20.1. The van der Waals surface area contributed by atoms with Gasteiger partial charge in [-0.05, 0) is 54.8 Å². The lowest BCUT2D eigenvalue weighted by Gasteiger charge is -2.34. The maximum absolute atomic E-state index is 14.1. The van der Waals surface area contributed by atoms with E-state index in [0.717, 1.165) is 26.2 Å². The van der Waals surface area contributed by atoms with Gasteiger partial charge in [0, 0.05) is 33.5 Å². The van der Waals surface area contributed by atoms with Crippen LogP contribution in [0.2, 0.25) is 10.0 Å². The predicted molar refractivity (Wildman–Crippen MR) is 165 cm³/mol. The smallest absolute Gasteiger partial charge is 0.244 e. The number of hydrogen-bond acceptors (Lipinski definition) is 4. The van der Waals surface area contributed by atoms with Crippen molar-refractivity contribution >= 4 is 66.7 Å². The van der Waals surface area contributed by atoms with E-state index in [9.17, 15) is 18.0 Å². The van der Waals surface area contributed by atoms with Gasteiger partial charge in [-0.25, -0.2) is 8.42 Å². The zero-order valence-corrected chi connectivity index (χ0v) is 26.4. The molecule has 2 atom stereocenters. The third-order valence-corrected chi connectivity index (χ3v) is 8.40. The first kappa shape index (κ1) is 31.9. The second-order valence-electron chi connectivity index (χ2n) is 9.57. The van der Waals surface area contributed by atoms with E-state index in [1.54, 1.807) is 0 Å². The summed E-state index contributed by atoms with van der Waals surface area (Å²) < 4.78 is 27.5. The van der Waals surface area contributed by atoms with Crippen molar-refractivity contribution in [2.45, 2.75) is 45.3 Å². The van der Waals surface area contributed by atoms with Crippen molar-refractivity contribution in [3.05, 3.63) is 98.4 Å².